The summed E-state index contributed by atoms with van der Waals surface area (Å²) in [5, 5.41) is 4.08. The second kappa shape index (κ2) is 41.7. The van der Waals surface area contributed by atoms with Crippen molar-refractivity contribution in [2.45, 2.75) is 72.6 Å². The Morgan fingerprint density at radius 2 is 0.860 bits per heavy atom. The minimum atomic E-state index is -4.18. The summed E-state index contributed by atoms with van der Waals surface area (Å²) in [6.07, 6.45) is -4.80. The number of nitrogens with one attached hydrogen (secondary N) is 2. The van der Waals surface area contributed by atoms with Crippen molar-refractivity contribution in [2.24, 2.45) is 0 Å². The predicted octanol–water partition coefficient (Wildman–Crippen LogP) is 6.69. The number of amides is 2. The lowest BCUT2D eigenvalue weighted by atomic mass is 10.4. The van der Waals surface area contributed by atoms with Crippen molar-refractivity contribution in [3.8, 4) is 0 Å². The van der Waals surface area contributed by atoms with Crippen LogP contribution in [0.4, 0.5) is 49.0 Å². The molecule has 0 aliphatic heterocycles. The van der Waals surface area contributed by atoms with Crippen LogP contribution in [0, 0.1) is 0 Å². The maximum absolute atomic E-state index is 12.9. The summed E-state index contributed by atoms with van der Waals surface area (Å²) in [5.74, 6) is -1.68. The first-order valence-corrected chi connectivity index (χ1v) is 18.9. The molecule has 0 atom stereocenters. The van der Waals surface area contributed by atoms with E-state index < -0.39 is 63.3 Å². The summed E-state index contributed by atoms with van der Waals surface area (Å²) in [6, 6.07) is 0.946. The minimum Gasteiger partial charge on any atom is -0.374 e. The predicted molar refractivity (Wildman–Crippen MR) is 163 cm³/mol. The van der Waals surface area contributed by atoms with Crippen LogP contribution in [0.25, 0.3) is 0 Å². The molecule has 0 aromatic rings. The summed E-state index contributed by atoms with van der Waals surface area (Å²) in [4.78, 5) is 26.0. The van der Waals surface area contributed by atoms with Crippen LogP contribution in [0.3, 0.4) is 0 Å². The van der Waals surface area contributed by atoms with Gasteiger partial charge in [0.05, 0.1) is 0 Å². The highest BCUT2D eigenvalue weighted by atomic mass is 28.4. The lowest BCUT2D eigenvalue weighted by Gasteiger charge is -2.28. The van der Waals surface area contributed by atoms with E-state index in [2.05, 4.69) is 19.9 Å². The topological polar surface area (TPSA) is 141 Å². The Labute approximate surface area is 288 Å². The average molecular weight is 803 g/mol. The molecule has 13 nitrogen and oxygen atoms in total. The van der Waals surface area contributed by atoms with Gasteiger partial charge in [0.15, 0.2) is 6.86 Å². The van der Waals surface area contributed by atoms with E-state index in [1.807, 2.05) is 26.1 Å². The molecule has 0 saturated heterocycles. The molecule has 0 heterocycles. The van der Waals surface area contributed by atoms with Gasteiger partial charge in [-0.2, -0.15) is 18.7 Å². The van der Waals surface area contributed by atoms with Gasteiger partial charge in [0.2, 0.25) is 20.6 Å². The van der Waals surface area contributed by atoms with E-state index in [1.54, 1.807) is 20.8 Å². The van der Waals surface area contributed by atoms with Gasteiger partial charge in [-0.1, -0.05) is 0 Å². The Morgan fingerprint density at radius 1 is 0.580 bits per heavy atom. The SMILES string of the molecule is CCO[Si](CCCNC(=O)C(F)(F)OCF)(OCC)OCC.CCO[Si](CCCNC(=O)F)(OCC)OCC.FCF.FCOF.FCOF. The summed E-state index contributed by atoms with van der Waals surface area (Å²) in [7, 11) is -5.50. The van der Waals surface area contributed by atoms with E-state index in [0.29, 0.717) is 64.6 Å². The summed E-state index contributed by atoms with van der Waals surface area (Å²) in [5.41, 5.74) is 0. The zero-order chi connectivity index (χ0) is 39.7. The van der Waals surface area contributed by atoms with Crippen molar-refractivity contribution in [1.29, 1.82) is 0 Å². The van der Waals surface area contributed by atoms with Gasteiger partial charge in [-0.3, -0.25) is 9.53 Å². The normalized spacial score (nSPS) is 11.0. The van der Waals surface area contributed by atoms with E-state index in [0.717, 1.165) is 0 Å². The van der Waals surface area contributed by atoms with Gasteiger partial charge < -0.3 is 37.2 Å². The van der Waals surface area contributed by atoms with Gasteiger partial charge in [0.25, 0.3) is 0 Å². The van der Waals surface area contributed by atoms with Crippen LogP contribution < -0.4 is 10.6 Å². The van der Waals surface area contributed by atoms with Gasteiger partial charge in [-0.05, 0) is 63.4 Å². The van der Waals surface area contributed by atoms with Crippen LogP contribution in [-0.4, -0.2) is 116 Å². The molecule has 0 spiro atoms. The molecule has 0 radical (unpaired) electrons. The van der Waals surface area contributed by atoms with Gasteiger partial charge in [-0.25, -0.2) is 26.7 Å². The first-order valence-electron chi connectivity index (χ1n) is 15.1. The Hall–Kier alpha value is -1.69. The maximum atomic E-state index is 12.9. The van der Waals surface area contributed by atoms with Crippen molar-refractivity contribution >= 4 is 29.7 Å². The minimum absolute atomic E-state index is 0.0496. The molecule has 50 heavy (non-hydrogen) atoms. The van der Waals surface area contributed by atoms with Crippen LogP contribution in [0.15, 0.2) is 0 Å². The largest absolute Gasteiger partial charge is 0.500 e. The number of carbonyl (C=O) groups excluding carboxylic acids is 2. The number of halogens is 10. The molecular formula is C25H52F10N2O11Si2. The Balaban J connectivity index is -0.000000211. The molecule has 0 bridgehead atoms. The fraction of sp³-hybridized carbons (Fsp3) is 0.920. The zero-order valence-electron chi connectivity index (χ0n) is 29.1. The number of ether oxygens (including phenoxy) is 1. The molecule has 306 valence electrons. The summed E-state index contributed by atoms with van der Waals surface area (Å²) in [6.45, 7) is 7.82. The summed E-state index contributed by atoms with van der Waals surface area (Å²) < 4.78 is 146. The molecule has 0 rings (SSSR count). The molecule has 2 N–H and O–H groups in total. The van der Waals surface area contributed by atoms with Gasteiger partial charge in [-0.15, -0.1) is 4.39 Å². The standard InChI is InChI=1S/C12H24F3NO5Si.C10H22FNO4Si.2CH2F2O.CH2F2/c1-4-19-22(20-5-2,21-6-3)9-7-8-16-11(17)12(14,15)18-10-13;1-4-14-17(15-5-2,16-6-3)9-7-8-12-10(11)13;2*2-1-4-3;2-1-3/h4-10H2,1-3H3,(H,16,17);4-9H2,1-3H3,(H,12,13);2*1H2;1H2. The smallest absolute Gasteiger partial charge is 0.374 e. The van der Waals surface area contributed by atoms with Crippen LogP contribution in [0.2, 0.25) is 12.1 Å². The lowest BCUT2D eigenvalue weighted by Crippen LogP contribution is -2.47. The molecule has 0 aliphatic rings. The van der Waals surface area contributed by atoms with E-state index in [4.69, 9.17) is 26.6 Å². The molecule has 2 amide bonds. The number of hydrogen-bond acceptors (Lipinski definition) is 11. The molecule has 0 aromatic heterocycles. The Morgan fingerprint density at radius 3 is 1.08 bits per heavy atom. The van der Waals surface area contributed by atoms with Crippen LogP contribution in [0.5, 0.6) is 0 Å². The maximum Gasteiger partial charge on any atom is 0.500 e. The molecule has 0 aliphatic carbocycles. The van der Waals surface area contributed by atoms with Crippen molar-refractivity contribution in [3.05, 3.63) is 0 Å². The van der Waals surface area contributed by atoms with Gasteiger partial charge >= 0.3 is 35.8 Å². The van der Waals surface area contributed by atoms with Gasteiger partial charge in [0, 0.05) is 64.8 Å². The van der Waals surface area contributed by atoms with E-state index in [-0.39, 0.29) is 13.1 Å². The van der Waals surface area contributed by atoms with Crippen LogP contribution in [-0.2, 0) is 46.0 Å². The van der Waals surface area contributed by atoms with E-state index >= 15 is 0 Å². The monoisotopic (exact) mass is 802 g/mol. The highest BCUT2D eigenvalue weighted by Gasteiger charge is 2.42. The third kappa shape index (κ3) is 37.6. The van der Waals surface area contributed by atoms with Crippen molar-refractivity contribution in [1.82, 2.24) is 10.6 Å². The Bertz CT molecular complexity index is 698. The highest BCUT2D eigenvalue weighted by molar-refractivity contribution is 6.61. The molecule has 25 heteroatoms. The van der Waals surface area contributed by atoms with Crippen molar-refractivity contribution in [3.63, 3.8) is 0 Å². The number of rotatable bonds is 25. The van der Waals surface area contributed by atoms with E-state index in [1.165, 1.54) is 0 Å². The first-order chi connectivity index (χ1) is 23.7. The second-order valence-electron chi connectivity index (χ2n) is 7.94. The molecular weight excluding hydrogens is 750 g/mol. The van der Waals surface area contributed by atoms with Crippen LogP contribution >= 0.6 is 0 Å². The molecule has 0 aromatic carbocycles. The fourth-order valence-electron chi connectivity index (χ4n) is 3.24. The zero-order valence-corrected chi connectivity index (χ0v) is 31.1. The molecule has 0 fully saturated rings. The van der Waals surface area contributed by atoms with Crippen molar-refractivity contribution in [2.75, 3.05) is 80.2 Å². The quantitative estimate of drug-likeness (QED) is 0.0335. The first kappa shape index (κ1) is 57.6. The van der Waals surface area contributed by atoms with E-state index in [9.17, 15) is 53.8 Å². The third-order valence-electron chi connectivity index (χ3n) is 4.64. The Kier molecular flexibility index (Phi) is 48.1. The highest BCUT2D eigenvalue weighted by Crippen LogP contribution is 2.19. The second-order valence-corrected chi connectivity index (χ2v) is 13.4. The lowest BCUT2D eigenvalue weighted by molar-refractivity contribution is -0.244. The molecule has 0 saturated carbocycles. The summed E-state index contributed by atoms with van der Waals surface area (Å²) >= 11 is 0. The van der Waals surface area contributed by atoms with Crippen molar-refractivity contribution < 1.29 is 94.9 Å². The average Bonchev–Trinajstić information content (AvgIpc) is 3.06. The number of alkyl halides is 7. The van der Waals surface area contributed by atoms with Gasteiger partial charge in [0.1, 0.15) is 0 Å². The fourth-order valence-corrected chi connectivity index (χ4v) is 8.46. The number of carbonyl (C=O) groups is 2. The number of hydrogen-bond donors (Lipinski definition) is 2. The third-order valence-corrected chi connectivity index (χ3v) is 10.9. The van der Waals surface area contributed by atoms with Crippen LogP contribution in [0.1, 0.15) is 54.4 Å². The molecule has 0 unspecified atom stereocenters.